The van der Waals surface area contributed by atoms with Crippen molar-refractivity contribution in [3.8, 4) is 0 Å². The summed E-state index contributed by atoms with van der Waals surface area (Å²) in [6, 6.07) is 0. The van der Waals surface area contributed by atoms with Crippen LogP contribution in [-0.4, -0.2) is 98.0 Å². The molecule has 2 unspecified atom stereocenters. The number of rotatable bonds is 0. The number of carbonyl (C=O) groups excluding carboxylic acids is 2. The van der Waals surface area contributed by atoms with Crippen LogP contribution in [0.1, 0.15) is 13.8 Å². The average molecular weight is 371 g/mol. The van der Waals surface area contributed by atoms with Crippen molar-refractivity contribution in [2.24, 2.45) is 0 Å². The van der Waals surface area contributed by atoms with Gasteiger partial charge in [0.1, 0.15) is 12.3 Å². The molecule has 0 aromatic rings. The van der Waals surface area contributed by atoms with Crippen LogP contribution in [0.5, 0.6) is 0 Å². The molecule has 2 saturated heterocycles. The molecule has 0 aliphatic carbocycles. The van der Waals surface area contributed by atoms with E-state index in [1.54, 1.807) is 0 Å². The van der Waals surface area contributed by atoms with E-state index in [1.807, 2.05) is 14.1 Å². The van der Waals surface area contributed by atoms with Crippen LogP contribution in [0.3, 0.4) is 0 Å². The smallest absolute Gasteiger partial charge is 0.573 e. The van der Waals surface area contributed by atoms with Crippen LogP contribution in [-0.2, 0) is 26.1 Å². The molecule has 2 rings (SSSR count). The molecule has 0 aromatic carbocycles. The van der Waals surface area contributed by atoms with Gasteiger partial charge >= 0.3 is 16.5 Å². The zero-order chi connectivity index (χ0) is 18.0. The summed E-state index contributed by atoms with van der Waals surface area (Å²) < 4.78 is 0. The third kappa shape index (κ3) is 8.12. The Hall–Kier alpha value is -0.666. The summed E-state index contributed by atoms with van der Waals surface area (Å²) in [5.74, 6) is 0. The second-order valence-corrected chi connectivity index (χ2v) is 5.12. The van der Waals surface area contributed by atoms with Gasteiger partial charge in [-0.3, -0.25) is 0 Å². The molecular formula is C14H28N6NiO2+2. The van der Waals surface area contributed by atoms with Crippen LogP contribution in [0, 0.1) is 13.3 Å². The minimum absolute atomic E-state index is 0. The van der Waals surface area contributed by atoms with Crippen molar-refractivity contribution < 1.29 is 26.1 Å². The van der Waals surface area contributed by atoms with Crippen molar-refractivity contribution in [3.63, 3.8) is 0 Å². The van der Waals surface area contributed by atoms with Crippen molar-refractivity contribution in [2.45, 2.75) is 26.2 Å². The Kier molecular flexibility index (Phi) is 16.2. The molecular weight excluding hydrogens is 343 g/mol. The van der Waals surface area contributed by atoms with Crippen LogP contribution in [0.15, 0.2) is 0 Å². The number of hydrogen-bond acceptors (Lipinski definition) is 8. The standard InChI is InChI=1S/2C6H14N3.2CO.Ni/c2*1-6-7(2)5-8(3)9(6)4;2*1-2;/h2*5-6H,1-4H3;;;/q2*+1;2*-1;+2. The maximum Gasteiger partial charge on any atom is 2.00 e. The molecule has 0 bridgehead atoms. The summed E-state index contributed by atoms with van der Waals surface area (Å²) in [6.07, 6.45) is 0.991. The zero-order valence-electron chi connectivity index (χ0n) is 15.1. The van der Waals surface area contributed by atoms with E-state index in [1.165, 1.54) is 0 Å². The molecule has 2 atom stereocenters. The van der Waals surface area contributed by atoms with Gasteiger partial charge in [0.25, 0.3) is 13.3 Å². The maximum absolute atomic E-state index is 7.50. The molecule has 0 N–H and O–H groups in total. The first-order chi connectivity index (χ1) is 10.3. The van der Waals surface area contributed by atoms with E-state index in [2.05, 4.69) is 98.8 Å². The second-order valence-electron chi connectivity index (χ2n) is 5.12. The Labute approximate surface area is 151 Å². The predicted molar refractivity (Wildman–Crippen MR) is 85.5 cm³/mol. The van der Waals surface area contributed by atoms with Gasteiger partial charge in [0.15, 0.2) is 0 Å². The van der Waals surface area contributed by atoms with Crippen LogP contribution in [0.2, 0.25) is 0 Å². The first-order valence-corrected chi connectivity index (χ1v) is 6.71. The summed E-state index contributed by atoms with van der Waals surface area (Å²) in [5.41, 5.74) is 0. The summed E-state index contributed by atoms with van der Waals surface area (Å²) in [5, 5.41) is 8.48. The molecule has 0 saturated carbocycles. The summed E-state index contributed by atoms with van der Waals surface area (Å²) >= 11 is 0. The van der Waals surface area contributed by atoms with E-state index in [-0.39, 0.29) is 16.5 Å². The van der Waals surface area contributed by atoms with Crippen molar-refractivity contribution >= 4 is 13.6 Å². The average Bonchev–Trinajstić information content (AvgIpc) is 2.88. The summed E-state index contributed by atoms with van der Waals surface area (Å²) in [4.78, 5) is 19.3. The van der Waals surface area contributed by atoms with Gasteiger partial charge in [-0.25, -0.2) is 0 Å². The van der Waals surface area contributed by atoms with Gasteiger partial charge in [0.05, 0.1) is 0 Å². The van der Waals surface area contributed by atoms with Gasteiger partial charge in [0.2, 0.25) is 0 Å². The minimum atomic E-state index is 0. The summed E-state index contributed by atoms with van der Waals surface area (Å²) in [7, 11) is 12.4. The van der Waals surface area contributed by atoms with Gasteiger partial charge < -0.3 is 23.2 Å². The van der Waals surface area contributed by atoms with Crippen molar-refractivity contribution in [1.82, 2.24) is 29.8 Å². The van der Waals surface area contributed by atoms with E-state index in [9.17, 15) is 0 Å². The molecule has 8 nitrogen and oxygen atoms in total. The fourth-order valence-corrected chi connectivity index (χ4v) is 1.94. The number of nitrogens with zero attached hydrogens (tertiary/aromatic N) is 6. The molecule has 2 aliphatic rings. The fraction of sp³-hybridized carbons (Fsp3) is 0.714. The number of hydrazine groups is 2. The topological polar surface area (TPSA) is 53.6 Å². The normalized spacial score (nSPS) is 26.3. The minimum Gasteiger partial charge on any atom is -0.573 e. The molecule has 0 aromatic heterocycles. The Morgan fingerprint density at radius 3 is 0.913 bits per heavy atom. The van der Waals surface area contributed by atoms with Crippen molar-refractivity contribution in [2.75, 3.05) is 42.3 Å². The molecule has 2 fully saturated rings. The third-order valence-corrected chi connectivity index (χ3v) is 3.95. The third-order valence-electron chi connectivity index (χ3n) is 3.95. The van der Waals surface area contributed by atoms with Crippen molar-refractivity contribution in [1.29, 1.82) is 0 Å². The summed E-state index contributed by atoms with van der Waals surface area (Å²) in [6.45, 7) is 17.5. The van der Waals surface area contributed by atoms with E-state index in [0.29, 0.717) is 12.3 Å². The van der Waals surface area contributed by atoms with Gasteiger partial charge in [-0.15, -0.1) is 9.80 Å². The Bertz CT molecular complexity index is 250. The molecule has 0 spiro atoms. The van der Waals surface area contributed by atoms with Gasteiger partial charge in [-0.05, 0) is 13.8 Å². The molecule has 0 amide bonds. The molecule has 2 heterocycles. The Morgan fingerprint density at radius 1 is 0.652 bits per heavy atom. The van der Waals surface area contributed by atoms with E-state index in [4.69, 9.17) is 9.59 Å². The van der Waals surface area contributed by atoms with Gasteiger partial charge in [-0.1, -0.05) is 10.0 Å². The quantitative estimate of drug-likeness (QED) is 0.420. The van der Waals surface area contributed by atoms with E-state index < -0.39 is 0 Å². The molecule has 23 heavy (non-hydrogen) atoms. The van der Waals surface area contributed by atoms with Crippen molar-refractivity contribution in [3.05, 3.63) is 13.3 Å². The molecule has 134 valence electrons. The predicted octanol–water partition coefficient (Wildman–Crippen LogP) is -0.445. The first kappa shape index (κ1) is 27.2. The molecule has 9 heteroatoms. The van der Waals surface area contributed by atoms with E-state index in [0.717, 1.165) is 0 Å². The fourth-order valence-electron chi connectivity index (χ4n) is 1.94. The van der Waals surface area contributed by atoms with Crippen LogP contribution in [0.25, 0.3) is 0 Å². The second kappa shape index (κ2) is 13.7. The maximum atomic E-state index is 7.50. The molecule has 2 aliphatic heterocycles. The monoisotopic (exact) mass is 370 g/mol. The van der Waals surface area contributed by atoms with Crippen LogP contribution >= 0.6 is 0 Å². The number of hydrogen-bond donors (Lipinski definition) is 0. The largest absolute Gasteiger partial charge is 2.00 e. The SMILES string of the molecule is CC1N(C)[CH+]N(C)N1C.CC1N(C)[CH+]N(C)N1C.[C-]=O.[C-]=O.[Ni+2]. The van der Waals surface area contributed by atoms with Gasteiger partial charge in [0, 0.05) is 42.3 Å². The first-order valence-electron chi connectivity index (χ1n) is 6.71. The van der Waals surface area contributed by atoms with E-state index >= 15 is 0 Å². The van der Waals surface area contributed by atoms with Gasteiger partial charge in [-0.2, -0.15) is 10.0 Å². The van der Waals surface area contributed by atoms with Crippen LogP contribution in [0.4, 0.5) is 0 Å². The van der Waals surface area contributed by atoms with Crippen LogP contribution < -0.4 is 0 Å². The Balaban J connectivity index is -0.000000276. The zero-order valence-corrected chi connectivity index (χ0v) is 16.1. The molecule has 2 radical (unpaired) electrons. The Morgan fingerprint density at radius 2 is 0.870 bits per heavy atom.